The van der Waals surface area contributed by atoms with Crippen LogP contribution in [0, 0.1) is 5.92 Å². The van der Waals surface area contributed by atoms with E-state index in [1.807, 2.05) is 18.0 Å². The van der Waals surface area contributed by atoms with E-state index in [0.717, 1.165) is 37.8 Å². The van der Waals surface area contributed by atoms with Crippen molar-refractivity contribution in [3.63, 3.8) is 0 Å². The minimum Gasteiger partial charge on any atom is -0.504 e. The van der Waals surface area contributed by atoms with Gasteiger partial charge in [0.05, 0.1) is 18.6 Å². The van der Waals surface area contributed by atoms with Crippen molar-refractivity contribution in [1.82, 2.24) is 9.80 Å². The number of carbonyl (C=O) groups excluding carboxylic acids is 1. The third kappa shape index (κ3) is 2.51. The van der Waals surface area contributed by atoms with Gasteiger partial charge in [-0.3, -0.25) is 4.79 Å². The number of ether oxygens (including phenoxy) is 1. The summed E-state index contributed by atoms with van der Waals surface area (Å²) >= 11 is 0. The maximum Gasteiger partial charge on any atom is 0.246 e. The number of furan rings is 1. The van der Waals surface area contributed by atoms with E-state index >= 15 is 0 Å². The van der Waals surface area contributed by atoms with Gasteiger partial charge in [-0.15, -0.1) is 0 Å². The van der Waals surface area contributed by atoms with Crippen LogP contribution in [-0.2, 0) is 16.6 Å². The predicted molar refractivity (Wildman–Crippen MR) is 116 cm³/mol. The highest BCUT2D eigenvalue weighted by Gasteiger charge is 2.66. The highest BCUT2D eigenvalue weighted by molar-refractivity contribution is 5.91. The number of rotatable bonds is 3. The van der Waals surface area contributed by atoms with Crippen molar-refractivity contribution in [3.05, 3.63) is 53.5 Å². The average Bonchev–Trinajstić information content (AvgIpc) is 3.41. The van der Waals surface area contributed by atoms with E-state index in [4.69, 9.17) is 9.15 Å². The molecule has 1 aromatic heterocycles. The summed E-state index contributed by atoms with van der Waals surface area (Å²) in [7, 11) is 4.11. The summed E-state index contributed by atoms with van der Waals surface area (Å²) < 4.78 is 11.7. The van der Waals surface area contributed by atoms with E-state index in [0.29, 0.717) is 17.7 Å². The quantitative estimate of drug-likeness (QED) is 0.773. The summed E-state index contributed by atoms with van der Waals surface area (Å²) in [6, 6.07) is 6.15. The van der Waals surface area contributed by atoms with E-state index in [2.05, 4.69) is 18.0 Å². The number of hydrogen-bond donors (Lipinski definition) is 1. The number of phenolic OH excluding ortho intramolecular Hbond substituents is 1. The number of phenols is 1. The summed E-state index contributed by atoms with van der Waals surface area (Å²) in [5.74, 6) is 1.35. The smallest absolute Gasteiger partial charge is 0.246 e. The van der Waals surface area contributed by atoms with Crippen molar-refractivity contribution in [1.29, 1.82) is 0 Å². The van der Waals surface area contributed by atoms with Gasteiger partial charge in [-0.25, -0.2) is 0 Å². The Morgan fingerprint density at radius 1 is 1.32 bits per heavy atom. The van der Waals surface area contributed by atoms with Crippen LogP contribution in [0.4, 0.5) is 0 Å². The Morgan fingerprint density at radius 3 is 3.00 bits per heavy atom. The molecule has 1 amide bonds. The average molecular weight is 421 g/mol. The fourth-order valence-electron chi connectivity index (χ4n) is 6.93. The number of hydrogen-bond acceptors (Lipinski definition) is 5. The Morgan fingerprint density at radius 2 is 2.19 bits per heavy atom. The maximum atomic E-state index is 13.0. The lowest BCUT2D eigenvalue weighted by molar-refractivity contribution is -0.134. The van der Waals surface area contributed by atoms with Crippen molar-refractivity contribution >= 4 is 12.0 Å². The van der Waals surface area contributed by atoms with Crippen molar-refractivity contribution in [2.75, 3.05) is 20.6 Å². The van der Waals surface area contributed by atoms with E-state index in [1.54, 1.807) is 30.7 Å². The first kappa shape index (κ1) is 19.0. The van der Waals surface area contributed by atoms with Gasteiger partial charge in [0.15, 0.2) is 11.5 Å². The minimum absolute atomic E-state index is 0.0282. The molecule has 1 saturated carbocycles. The lowest BCUT2D eigenvalue weighted by Crippen LogP contribution is -2.68. The zero-order valence-electron chi connectivity index (χ0n) is 18.0. The third-order valence-corrected chi connectivity index (χ3v) is 8.37. The molecule has 1 saturated heterocycles. The second-order valence-electron chi connectivity index (χ2n) is 9.62. The van der Waals surface area contributed by atoms with Crippen LogP contribution < -0.4 is 4.74 Å². The summed E-state index contributed by atoms with van der Waals surface area (Å²) in [6.45, 7) is 1.01. The molecule has 3 heterocycles. The van der Waals surface area contributed by atoms with Gasteiger partial charge >= 0.3 is 0 Å². The van der Waals surface area contributed by atoms with Gasteiger partial charge in [-0.05, 0) is 69.0 Å². The van der Waals surface area contributed by atoms with Crippen LogP contribution in [0.3, 0.4) is 0 Å². The lowest BCUT2D eigenvalue weighted by atomic mass is 9.51. The van der Waals surface area contributed by atoms with Crippen LogP contribution in [-0.4, -0.2) is 59.6 Å². The number of likely N-dealkylation sites (N-methyl/N-ethyl adjacent to an activating group) is 2. The van der Waals surface area contributed by atoms with Crippen LogP contribution in [0.1, 0.15) is 36.0 Å². The molecule has 162 valence electrons. The topological polar surface area (TPSA) is 66.2 Å². The zero-order chi connectivity index (χ0) is 21.3. The molecule has 2 bridgehead atoms. The fraction of sp³-hybridized carbons (Fsp3) is 0.480. The van der Waals surface area contributed by atoms with E-state index in [1.165, 1.54) is 11.1 Å². The molecule has 2 aliphatic heterocycles. The predicted octanol–water partition coefficient (Wildman–Crippen LogP) is 3.19. The molecule has 0 radical (unpaired) electrons. The molecule has 2 aliphatic carbocycles. The molecule has 2 fully saturated rings. The Hall–Kier alpha value is -2.73. The number of benzene rings is 1. The molecule has 2 aromatic rings. The van der Waals surface area contributed by atoms with E-state index < -0.39 is 0 Å². The number of piperidine rings is 1. The first-order valence-corrected chi connectivity index (χ1v) is 11.2. The molecular weight excluding hydrogens is 392 g/mol. The molecule has 6 rings (SSSR count). The number of likely N-dealkylation sites (tertiary alicyclic amines) is 1. The van der Waals surface area contributed by atoms with Crippen molar-refractivity contribution in [3.8, 4) is 11.5 Å². The Labute approximate surface area is 182 Å². The summed E-state index contributed by atoms with van der Waals surface area (Å²) in [6.07, 6.45) is 10.5. The summed E-state index contributed by atoms with van der Waals surface area (Å²) in [5.41, 5.74) is 3.28. The van der Waals surface area contributed by atoms with Gasteiger partial charge in [0.2, 0.25) is 5.91 Å². The van der Waals surface area contributed by atoms with Crippen molar-refractivity contribution in [2.24, 2.45) is 5.92 Å². The van der Waals surface area contributed by atoms with Crippen LogP contribution in [0.2, 0.25) is 0 Å². The standard InChI is InChI=1S/C25H28N2O4/c1-26-11-10-25-17-5-6-18(27(2)21(29)8-3-15-9-12-30-14-15)24(25)31-23-20(28)7-4-16(22(23)25)13-19(17)26/h3-4,7-9,12,14,17-19,24,28H,5-6,10-11,13H2,1-2H3/t17-,18+,19+,24-,25-/m0/s1. The maximum absolute atomic E-state index is 13.0. The van der Waals surface area contributed by atoms with Crippen LogP contribution in [0.15, 0.2) is 41.2 Å². The summed E-state index contributed by atoms with van der Waals surface area (Å²) in [4.78, 5) is 17.4. The van der Waals surface area contributed by atoms with Crippen LogP contribution in [0.25, 0.3) is 6.08 Å². The monoisotopic (exact) mass is 420 g/mol. The van der Waals surface area contributed by atoms with E-state index in [9.17, 15) is 9.90 Å². The molecule has 5 atom stereocenters. The van der Waals surface area contributed by atoms with Gasteiger partial charge in [0.25, 0.3) is 0 Å². The minimum atomic E-state index is -0.124. The Balaban J connectivity index is 1.38. The van der Waals surface area contributed by atoms with Gasteiger partial charge < -0.3 is 24.1 Å². The molecule has 4 aliphatic rings. The third-order valence-electron chi connectivity index (χ3n) is 8.37. The summed E-state index contributed by atoms with van der Waals surface area (Å²) in [5, 5.41) is 10.6. The number of nitrogens with zero attached hydrogens (tertiary/aromatic N) is 2. The second kappa shape index (κ2) is 6.63. The molecule has 31 heavy (non-hydrogen) atoms. The van der Waals surface area contributed by atoms with Crippen LogP contribution in [0.5, 0.6) is 11.5 Å². The molecule has 0 unspecified atom stereocenters. The molecule has 1 spiro atoms. The van der Waals surface area contributed by atoms with Crippen molar-refractivity contribution < 1.29 is 19.1 Å². The first-order valence-electron chi connectivity index (χ1n) is 11.2. The van der Waals surface area contributed by atoms with Gasteiger partial charge in [0.1, 0.15) is 6.10 Å². The largest absolute Gasteiger partial charge is 0.504 e. The molecule has 1 N–H and O–H groups in total. The highest BCUT2D eigenvalue weighted by Crippen LogP contribution is 2.64. The fourth-order valence-corrected chi connectivity index (χ4v) is 6.93. The number of carbonyl (C=O) groups is 1. The molecule has 6 nitrogen and oxygen atoms in total. The Kier molecular flexibility index (Phi) is 4.06. The van der Waals surface area contributed by atoms with Gasteiger partial charge in [0, 0.05) is 35.7 Å². The van der Waals surface area contributed by atoms with Crippen LogP contribution >= 0.6 is 0 Å². The SMILES string of the molecule is CN1CC[C@]23c4c5ccc(O)c4O[C@H]2[C@H](N(C)C(=O)C=Cc2ccoc2)CC[C@H]3[C@H]1C5. The van der Waals surface area contributed by atoms with Gasteiger partial charge in [-0.1, -0.05) is 6.07 Å². The van der Waals surface area contributed by atoms with E-state index in [-0.39, 0.29) is 29.2 Å². The molecule has 6 heteroatoms. The van der Waals surface area contributed by atoms with Crippen molar-refractivity contribution in [2.45, 2.75) is 49.3 Å². The normalized spacial score (nSPS) is 33.2. The molecular formula is C25H28N2O4. The Bertz CT molecular complexity index is 1060. The second-order valence-corrected chi connectivity index (χ2v) is 9.62. The zero-order valence-corrected chi connectivity index (χ0v) is 18.0. The first-order chi connectivity index (χ1) is 15.0. The lowest BCUT2D eigenvalue weighted by Gasteiger charge is -2.59. The van der Waals surface area contributed by atoms with Gasteiger partial charge in [-0.2, -0.15) is 0 Å². The molecule has 1 aromatic carbocycles. The number of amides is 1. The number of aromatic hydroxyl groups is 1. The highest BCUT2D eigenvalue weighted by atomic mass is 16.5.